The third-order valence-electron chi connectivity index (χ3n) is 2.38. The Morgan fingerprint density at radius 2 is 2.36 bits per heavy atom. The number of carbonyl (C=O) groups excluding carboxylic acids is 2. The molecule has 1 fully saturated rings. The smallest absolute Gasteiger partial charge is 0.239 e. The van der Waals surface area contributed by atoms with E-state index in [2.05, 4.69) is 10.6 Å². The molecule has 2 amide bonds. The molecular weight excluding hydrogens is 182 g/mol. The highest BCUT2D eigenvalue weighted by Gasteiger charge is 2.22. The molecule has 0 aromatic rings. The number of amides is 2. The zero-order valence-electron chi connectivity index (χ0n) is 8.67. The molecule has 1 aliphatic rings. The topological polar surface area (TPSA) is 61.4 Å². The lowest BCUT2D eigenvalue weighted by Gasteiger charge is -2.22. The molecule has 0 bridgehead atoms. The van der Waals surface area contributed by atoms with E-state index in [4.69, 9.17) is 0 Å². The SMILES string of the molecule is CNC(C)C(=O)N1CCCNC(=O)C1. The predicted molar refractivity (Wildman–Crippen MR) is 52.7 cm³/mol. The molecule has 1 aliphatic heterocycles. The highest BCUT2D eigenvalue weighted by atomic mass is 16.2. The van der Waals surface area contributed by atoms with Gasteiger partial charge in [0, 0.05) is 13.1 Å². The molecule has 0 aromatic heterocycles. The van der Waals surface area contributed by atoms with Crippen LogP contribution in [0, 0.1) is 0 Å². The van der Waals surface area contributed by atoms with Gasteiger partial charge in [-0.15, -0.1) is 0 Å². The van der Waals surface area contributed by atoms with E-state index >= 15 is 0 Å². The van der Waals surface area contributed by atoms with E-state index < -0.39 is 0 Å². The van der Waals surface area contributed by atoms with E-state index in [0.717, 1.165) is 6.42 Å². The van der Waals surface area contributed by atoms with Gasteiger partial charge >= 0.3 is 0 Å². The van der Waals surface area contributed by atoms with Crippen molar-refractivity contribution in [3.63, 3.8) is 0 Å². The summed E-state index contributed by atoms with van der Waals surface area (Å²) < 4.78 is 0. The summed E-state index contributed by atoms with van der Waals surface area (Å²) in [6.45, 7) is 3.30. The first kappa shape index (κ1) is 11.0. The van der Waals surface area contributed by atoms with Crippen molar-refractivity contribution in [1.82, 2.24) is 15.5 Å². The Balaban J connectivity index is 2.56. The Kier molecular flexibility index (Phi) is 3.88. The maximum atomic E-state index is 11.7. The molecule has 0 spiro atoms. The normalized spacial score (nSPS) is 19.9. The highest BCUT2D eigenvalue weighted by Crippen LogP contribution is 1.99. The van der Waals surface area contributed by atoms with Crippen molar-refractivity contribution in [2.45, 2.75) is 19.4 Å². The summed E-state index contributed by atoms with van der Waals surface area (Å²) in [4.78, 5) is 24.5. The Morgan fingerprint density at radius 1 is 1.64 bits per heavy atom. The average molecular weight is 199 g/mol. The monoisotopic (exact) mass is 199 g/mol. The van der Waals surface area contributed by atoms with Crippen LogP contribution in [0.1, 0.15) is 13.3 Å². The molecule has 5 heteroatoms. The van der Waals surface area contributed by atoms with Gasteiger partial charge in [0.15, 0.2) is 0 Å². The summed E-state index contributed by atoms with van der Waals surface area (Å²) in [7, 11) is 1.74. The fraction of sp³-hybridized carbons (Fsp3) is 0.778. The molecule has 1 unspecified atom stereocenters. The summed E-state index contributed by atoms with van der Waals surface area (Å²) in [5, 5.41) is 5.61. The summed E-state index contributed by atoms with van der Waals surface area (Å²) in [5.74, 6) is -0.0799. The van der Waals surface area contributed by atoms with Gasteiger partial charge in [0.1, 0.15) is 0 Å². The standard InChI is InChI=1S/C9H17N3O2/c1-7(10-2)9(14)12-5-3-4-11-8(13)6-12/h7,10H,3-6H2,1-2H3,(H,11,13). The van der Waals surface area contributed by atoms with Gasteiger partial charge in [-0.2, -0.15) is 0 Å². The molecule has 0 aliphatic carbocycles. The molecule has 0 radical (unpaired) electrons. The lowest BCUT2D eigenvalue weighted by atomic mass is 10.2. The number of hydrogen-bond acceptors (Lipinski definition) is 3. The molecule has 5 nitrogen and oxygen atoms in total. The minimum atomic E-state index is -0.221. The van der Waals surface area contributed by atoms with E-state index in [1.165, 1.54) is 0 Å². The van der Waals surface area contributed by atoms with E-state index in [-0.39, 0.29) is 24.4 Å². The van der Waals surface area contributed by atoms with Crippen LogP contribution in [-0.2, 0) is 9.59 Å². The largest absolute Gasteiger partial charge is 0.354 e. The van der Waals surface area contributed by atoms with Crippen molar-refractivity contribution in [3.05, 3.63) is 0 Å². The number of nitrogens with zero attached hydrogens (tertiary/aromatic N) is 1. The first-order chi connectivity index (χ1) is 6.65. The molecule has 1 atom stereocenters. The van der Waals surface area contributed by atoms with Crippen LogP contribution in [0.5, 0.6) is 0 Å². The third kappa shape index (κ3) is 2.70. The van der Waals surface area contributed by atoms with Gasteiger partial charge in [-0.3, -0.25) is 9.59 Å². The summed E-state index contributed by atoms with van der Waals surface area (Å²) >= 11 is 0. The minimum Gasteiger partial charge on any atom is -0.354 e. The lowest BCUT2D eigenvalue weighted by molar-refractivity contribution is -0.136. The summed E-state index contributed by atoms with van der Waals surface area (Å²) in [6, 6.07) is -0.221. The second kappa shape index (κ2) is 4.95. The van der Waals surface area contributed by atoms with E-state index in [1.807, 2.05) is 0 Å². The maximum Gasteiger partial charge on any atom is 0.239 e. The molecular formula is C9H17N3O2. The van der Waals surface area contributed by atoms with Crippen LogP contribution < -0.4 is 10.6 Å². The average Bonchev–Trinajstić information content (AvgIpc) is 2.40. The summed E-state index contributed by atoms with van der Waals surface area (Å²) in [5.41, 5.74) is 0. The van der Waals surface area contributed by atoms with Crippen LogP contribution in [0.2, 0.25) is 0 Å². The van der Waals surface area contributed by atoms with Crippen molar-refractivity contribution >= 4 is 11.8 Å². The Labute approximate surface area is 83.8 Å². The minimum absolute atomic E-state index is 0.00968. The van der Waals surface area contributed by atoms with Gasteiger partial charge in [0.05, 0.1) is 12.6 Å². The van der Waals surface area contributed by atoms with Crippen molar-refractivity contribution in [1.29, 1.82) is 0 Å². The molecule has 0 saturated carbocycles. The zero-order chi connectivity index (χ0) is 10.6. The number of likely N-dealkylation sites (N-methyl/N-ethyl adjacent to an activating group) is 1. The van der Waals surface area contributed by atoms with Crippen LogP contribution >= 0.6 is 0 Å². The van der Waals surface area contributed by atoms with Crippen LogP contribution in [0.25, 0.3) is 0 Å². The Hall–Kier alpha value is -1.10. The van der Waals surface area contributed by atoms with E-state index in [0.29, 0.717) is 13.1 Å². The molecule has 14 heavy (non-hydrogen) atoms. The van der Waals surface area contributed by atoms with Gasteiger partial charge in [-0.05, 0) is 20.4 Å². The number of hydrogen-bond donors (Lipinski definition) is 2. The Morgan fingerprint density at radius 3 is 3.00 bits per heavy atom. The Bertz CT molecular complexity index is 230. The molecule has 2 N–H and O–H groups in total. The number of carbonyl (C=O) groups is 2. The van der Waals surface area contributed by atoms with Gasteiger partial charge in [-0.25, -0.2) is 0 Å². The van der Waals surface area contributed by atoms with Crippen molar-refractivity contribution in [2.75, 3.05) is 26.7 Å². The lowest BCUT2D eigenvalue weighted by Crippen LogP contribution is -2.46. The zero-order valence-corrected chi connectivity index (χ0v) is 8.67. The molecule has 1 rings (SSSR count). The van der Waals surface area contributed by atoms with Gasteiger partial charge < -0.3 is 15.5 Å². The number of rotatable bonds is 2. The maximum absolute atomic E-state index is 11.7. The molecule has 0 aromatic carbocycles. The second-order valence-electron chi connectivity index (χ2n) is 3.47. The molecule has 1 heterocycles. The fourth-order valence-electron chi connectivity index (χ4n) is 1.39. The van der Waals surface area contributed by atoms with Crippen LogP contribution in [0.3, 0.4) is 0 Å². The summed E-state index contributed by atoms with van der Waals surface area (Å²) in [6.07, 6.45) is 0.827. The fourth-order valence-corrected chi connectivity index (χ4v) is 1.39. The highest BCUT2D eigenvalue weighted by molar-refractivity contribution is 5.87. The van der Waals surface area contributed by atoms with Crippen LogP contribution in [0.15, 0.2) is 0 Å². The first-order valence-electron chi connectivity index (χ1n) is 4.88. The predicted octanol–water partition coefficient (Wildman–Crippen LogP) is -1.06. The van der Waals surface area contributed by atoms with Gasteiger partial charge in [0.25, 0.3) is 0 Å². The molecule has 1 saturated heterocycles. The molecule has 80 valence electrons. The number of nitrogens with one attached hydrogen (secondary N) is 2. The quantitative estimate of drug-likeness (QED) is 0.596. The first-order valence-corrected chi connectivity index (χ1v) is 4.88. The van der Waals surface area contributed by atoms with Gasteiger partial charge in [0.2, 0.25) is 11.8 Å². The van der Waals surface area contributed by atoms with Crippen LogP contribution in [-0.4, -0.2) is 49.4 Å². The van der Waals surface area contributed by atoms with Crippen molar-refractivity contribution in [2.24, 2.45) is 0 Å². The van der Waals surface area contributed by atoms with E-state index in [1.54, 1.807) is 18.9 Å². The van der Waals surface area contributed by atoms with Gasteiger partial charge in [-0.1, -0.05) is 0 Å². The van der Waals surface area contributed by atoms with Crippen molar-refractivity contribution < 1.29 is 9.59 Å². The van der Waals surface area contributed by atoms with Crippen LogP contribution in [0.4, 0.5) is 0 Å². The third-order valence-corrected chi connectivity index (χ3v) is 2.38. The van der Waals surface area contributed by atoms with Crippen molar-refractivity contribution in [3.8, 4) is 0 Å². The second-order valence-corrected chi connectivity index (χ2v) is 3.47. The van der Waals surface area contributed by atoms with E-state index in [9.17, 15) is 9.59 Å².